The zero-order valence-electron chi connectivity index (χ0n) is 15.8. The molecular weight excluding hydrogens is 491 g/mol. The first-order chi connectivity index (χ1) is 14.9. The molecule has 0 radical (unpaired) electrons. The third-order valence-corrected chi connectivity index (χ3v) is 7.29. The molecule has 0 aliphatic carbocycles. The molecule has 0 aliphatic rings. The predicted octanol–water partition coefficient (Wildman–Crippen LogP) is 7.72. The summed E-state index contributed by atoms with van der Waals surface area (Å²) in [6.07, 6.45) is 0. The van der Waals surface area contributed by atoms with Crippen LogP contribution in [0, 0.1) is 3.95 Å². The number of fused-ring (bicyclic) bond motifs is 3. The number of halogens is 3. The van der Waals surface area contributed by atoms with Gasteiger partial charge >= 0.3 is 0 Å². The van der Waals surface area contributed by atoms with Crippen LogP contribution in [0.1, 0.15) is 5.56 Å². The average molecular weight is 504 g/mol. The van der Waals surface area contributed by atoms with Crippen molar-refractivity contribution < 1.29 is 0 Å². The lowest BCUT2D eigenvalue weighted by molar-refractivity contribution is 0.781. The molecule has 3 nitrogen and oxygen atoms in total. The van der Waals surface area contributed by atoms with Crippen molar-refractivity contribution in [2.45, 2.75) is 6.54 Å². The van der Waals surface area contributed by atoms with Gasteiger partial charge in [0.25, 0.3) is 5.56 Å². The second-order valence-corrected chi connectivity index (χ2v) is 9.94. The number of hydrogen-bond donors (Lipinski definition) is 0. The Morgan fingerprint density at radius 2 is 1.61 bits per heavy atom. The van der Waals surface area contributed by atoms with Gasteiger partial charge in [0.2, 0.25) is 0 Å². The number of aromatic nitrogens is 2. The Hall–Kier alpha value is -2.15. The topological polar surface area (TPSA) is 26.4 Å². The molecule has 5 aromatic rings. The fourth-order valence-electron chi connectivity index (χ4n) is 3.68. The maximum Gasteiger partial charge on any atom is 0.261 e. The summed E-state index contributed by atoms with van der Waals surface area (Å²) in [6.45, 7) is 0.369. The minimum atomic E-state index is -0.0929. The van der Waals surface area contributed by atoms with Crippen molar-refractivity contribution in [3.8, 4) is 10.4 Å². The van der Waals surface area contributed by atoms with Crippen molar-refractivity contribution >= 4 is 74.9 Å². The van der Waals surface area contributed by atoms with Crippen LogP contribution >= 0.6 is 58.4 Å². The van der Waals surface area contributed by atoms with Crippen LogP contribution in [-0.2, 0) is 6.54 Å². The number of para-hydroxylation sites is 1. The van der Waals surface area contributed by atoms with Gasteiger partial charge in [-0.3, -0.25) is 13.8 Å². The van der Waals surface area contributed by atoms with Crippen LogP contribution in [0.4, 0.5) is 0 Å². The minimum Gasteiger partial charge on any atom is -0.288 e. The number of thiazole rings is 1. The summed E-state index contributed by atoms with van der Waals surface area (Å²) in [5.74, 6) is 0. The first kappa shape index (κ1) is 20.7. The van der Waals surface area contributed by atoms with E-state index in [0.717, 1.165) is 21.5 Å². The average Bonchev–Trinajstić information content (AvgIpc) is 3.09. The molecule has 8 heteroatoms. The summed E-state index contributed by atoms with van der Waals surface area (Å²) in [4.78, 5) is 14.4. The molecule has 0 N–H and O–H groups in total. The molecule has 2 aromatic heterocycles. The van der Waals surface area contributed by atoms with Crippen LogP contribution in [0.5, 0.6) is 0 Å². The summed E-state index contributed by atoms with van der Waals surface area (Å²) in [7, 11) is 0. The molecule has 2 heterocycles. The van der Waals surface area contributed by atoms with E-state index in [4.69, 9.17) is 47.0 Å². The van der Waals surface area contributed by atoms with Gasteiger partial charge in [0, 0.05) is 15.6 Å². The Morgan fingerprint density at radius 1 is 0.903 bits per heavy atom. The van der Waals surface area contributed by atoms with Crippen molar-refractivity contribution in [3.63, 3.8) is 0 Å². The minimum absolute atomic E-state index is 0.0929. The maximum absolute atomic E-state index is 13.6. The molecular formula is C23H13Cl3N2OS2. The number of rotatable bonds is 3. The Kier molecular flexibility index (Phi) is 5.40. The monoisotopic (exact) mass is 502 g/mol. The maximum atomic E-state index is 13.6. The second kappa shape index (κ2) is 8.08. The highest BCUT2D eigenvalue weighted by molar-refractivity contribution is 7.73. The van der Waals surface area contributed by atoms with Gasteiger partial charge in [-0.25, -0.2) is 0 Å². The van der Waals surface area contributed by atoms with E-state index in [1.54, 1.807) is 16.7 Å². The van der Waals surface area contributed by atoms with Crippen molar-refractivity contribution in [3.05, 3.63) is 102 Å². The Morgan fingerprint density at radius 3 is 2.35 bits per heavy atom. The molecule has 31 heavy (non-hydrogen) atoms. The van der Waals surface area contributed by atoms with Crippen LogP contribution in [-0.4, -0.2) is 8.97 Å². The van der Waals surface area contributed by atoms with Crippen molar-refractivity contribution in [1.82, 2.24) is 8.97 Å². The highest BCUT2D eigenvalue weighted by Crippen LogP contribution is 2.38. The van der Waals surface area contributed by atoms with Crippen LogP contribution in [0.3, 0.4) is 0 Å². The third kappa shape index (κ3) is 3.60. The normalized spacial score (nSPS) is 11.5. The molecule has 0 saturated heterocycles. The van der Waals surface area contributed by atoms with E-state index in [9.17, 15) is 4.79 Å². The summed E-state index contributed by atoms with van der Waals surface area (Å²) in [5, 5.41) is 2.30. The molecule has 3 aromatic carbocycles. The molecule has 0 fully saturated rings. The zero-order valence-corrected chi connectivity index (χ0v) is 19.7. The zero-order chi connectivity index (χ0) is 21.7. The first-order valence-electron chi connectivity index (χ1n) is 9.31. The quantitative estimate of drug-likeness (QED) is 0.236. The number of nitrogens with zero attached hydrogens (tertiary/aromatic N) is 2. The van der Waals surface area contributed by atoms with Gasteiger partial charge in [-0.05, 0) is 54.2 Å². The van der Waals surface area contributed by atoms with E-state index in [2.05, 4.69) is 0 Å². The van der Waals surface area contributed by atoms with Crippen LogP contribution in [0.2, 0.25) is 15.1 Å². The van der Waals surface area contributed by atoms with Crippen molar-refractivity contribution in [2.75, 3.05) is 0 Å². The van der Waals surface area contributed by atoms with E-state index >= 15 is 0 Å². The van der Waals surface area contributed by atoms with Gasteiger partial charge in [-0.1, -0.05) is 65.1 Å². The predicted molar refractivity (Wildman–Crippen MR) is 134 cm³/mol. The SMILES string of the molecule is O=c1c2ccccc2n2c(=S)sc(-c3ccc(Cl)cc3Cl)c2n1Cc1ccc(Cl)cc1. The second-order valence-electron chi connectivity index (χ2n) is 7.02. The highest BCUT2D eigenvalue weighted by atomic mass is 35.5. The third-order valence-electron chi connectivity index (χ3n) is 5.09. The molecule has 0 atom stereocenters. The smallest absolute Gasteiger partial charge is 0.261 e. The van der Waals surface area contributed by atoms with E-state index in [1.807, 2.05) is 59.0 Å². The van der Waals surface area contributed by atoms with E-state index in [-0.39, 0.29) is 5.56 Å². The molecule has 0 bridgehead atoms. The van der Waals surface area contributed by atoms with Gasteiger partial charge < -0.3 is 0 Å². The van der Waals surface area contributed by atoms with E-state index in [1.165, 1.54) is 11.3 Å². The van der Waals surface area contributed by atoms with Gasteiger partial charge in [0.1, 0.15) is 5.65 Å². The summed E-state index contributed by atoms with van der Waals surface area (Å²) >= 11 is 25.9. The molecule has 0 amide bonds. The van der Waals surface area contributed by atoms with Crippen LogP contribution in [0.25, 0.3) is 27.0 Å². The Labute approximate surface area is 201 Å². The van der Waals surface area contributed by atoms with Gasteiger partial charge in [-0.15, -0.1) is 11.3 Å². The fraction of sp³-hybridized carbons (Fsp3) is 0.0435. The highest BCUT2D eigenvalue weighted by Gasteiger charge is 2.20. The lowest BCUT2D eigenvalue weighted by Gasteiger charge is -2.14. The Balaban J connectivity index is 1.91. The number of benzene rings is 3. The molecule has 0 aliphatic heterocycles. The molecule has 0 unspecified atom stereocenters. The van der Waals surface area contributed by atoms with Crippen LogP contribution in [0.15, 0.2) is 71.5 Å². The lowest BCUT2D eigenvalue weighted by Crippen LogP contribution is -2.23. The lowest BCUT2D eigenvalue weighted by atomic mass is 10.1. The standard InChI is InChI=1S/C23H13Cl3N2OS2/c24-14-7-5-13(6-8-14)12-27-21-20(16-10-9-15(25)11-18(16)26)31-23(30)28(21)19-4-2-1-3-17(19)22(27)29/h1-11H,12H2. The number of hydrogen-bond acceptors (Lipinski definition) is 3. The largest absolute Gasteiger partial charge is 0.288 e. The Bertz CT molecular complexity index is 1580. The van der Waals surface area contributed by atoms with E-state index in [0.29, 0.717) is 36.6 Å². The van der Waals surface area contributed by atoms with Crippen molar-refractivity contribution in [2.24, 2.45) is 0 Å². The van der Waals surface area contributed by atoms with Crippen LogP contribution < -0.4 is 5.56 Å². The fourth-order valence-corrected chi connectivity index (χ4v) is 5.83. The van der Waals surface area contributed by atoms with Crippen molar-refractivity contribution in [1.29, 1.82) is 0 Å². The molecule has 0 spiro atoms. The molecule has 0 saturated carbocycles. The van der Waals surface area contributed by atoms with Gasteiger partial charge in [-0.2, -0.15) is 0 Å². The summed E-state index contributed by atoms with van der Waals surface area (Å²) in [6, 6.07) is 20.3. The molecule has 5 rings (SSSR count). The molecule has 154 valence electrons. The van der Waals surface area contributed by atoms with E-state index < -0.39 is 0 Å². The summed E-state index contributed by atoms with van der Waals surface area (Å²) < 4.78 is 4.34. The summed E-state index contributed by atoms with van der Waals surface area (Å²) in [5.41, 5.74) is 3.12. The van der Waals surface area contributed by atoms with Gasteiger partial charge in [0.05, 0.1) is 27.3 Å². The van der Waals surface area contributed by atoms with Gasteiger partial charge in [0.15, 0.2) is 3.95 Å². The first-order valence-corrected chi connectivity index (χ1v) is 11.7.